The number of hydrogen-bond acceptors (Lipinski definition) is 2. The summed E-state index contributed by atoms with van der Waals surface area (Å²) in [6.07, 6.45) is 0. The smallest absolute Gasteiger partial charge is 0.166 e. The molecule has 2 nitrogen and oxygen atoms in total. The third kappa shape index (κ3) is 2.78. The van der Waals surface area contributed by atoms with Crippen LogP contribution in [0.15, 0.2) is 36.4 Å². The molecule has 0 aromatic heterocycles. The summed E-state index contributed by atoms with van der Waals surface area (Å²) in [4.78, 5) is 0. The van der Waals surface area contributed by atoms with Crippen molar-refractivity contribution in [2.75, 3.05) is 0 Å². The fourth-order valence-electron chi connectivity index (χ4n) is 1.39. The Morgan fingerprint density at radius 3 is 2.44 bits per heavy atom. The molecule has 0 atom stereocenters. The molecule has 5 heteroatoms. The molecule has 0 saturated carbocycles. The summed E-state index contributed by atoms with van der Waals surface area (Å²) in [7, 11) is 0. The van der Waals surface area contributed by atoms with E-state index in [4.69, 9.17) is 21.4 Å². The standard InChI is InChI=1S/C13H9ClF2O2/c14-10-3-2-9(6-11(10)15)18-13-4-1-8(7-17)5-12(13)16/h1-6,17H,7H2. The van der Waals surface area contributed by atoms with E-state index >= 15 is 0 Å². The van der Waals surface area contributed by atoms with Crippen molar-refractivity contribution >= 4 is 11.6 Å². The molecule has 2 aromatic rings. The molecule has 0 aliphatic carbocycles. The summed E-state index contributed by atoms with van der Waals surface area (Å²) < 4.78 is 31.9. The van der Waals surface area contributed by atoms with Gasteiger partial charge in [0.15, 0.2) is 11.6 Å². The highest BCUT2D eigenvalue weighted by Crippen LogP contribution is 2.27. The monoisotopic (exact) mass is 270 g/mol. The molecule has 0 amide bonds. The van der Waals surface area contributed by atoms with E-state index in [1.165, 1.54) is 24.3 Å². The number of hydrogen-bond donors (Lipinski definition) is 1. The molecule has 0 spiro atoms. The molecular weight excluding hydrogens is 262 g/mol. The molecule has 0 heterocycles. The lowest BCUT2D eigenvalue weighted by atomic mass is 10.2. The maximum Gasteiger partial charge on any atom is 0.166 e. The minimum Gasteiger partial charge on any atom is -0.454 e. The maximum absolute atomic E-state index is 13.5. The van der Waals surface area contributed by atoms with Crippen LogP contribution >= 0.6 is 11.6 Å². The zero-order valence-electron chi connectivity index (χ0n) is 9.16. The first-order valence-corrected chi connectivity index (χ1v) is 5.50. The topological polar surface area (TPSA) is 29.5 Å². The van der Waals surface area contributed by atoms with Crippen molar-refractivity contribution in [3.63, 3.8) is 0 Å². The van der Waals surface area contributed by atoms with Crippen LogP contribution in [0.1, 0.15) is 5.56 Å². The van der Waals surface area contributed by atoms with E-state index < -0.39 is 11.6 Å². The lowest BCUT2D eigenvalue weighted by Crippen LogP contribution is -1.91. The summed E-state index contributed by atoms with van der Waals surface area (Å²) in [5.74, 6) is -1.17. The van der Waals surface area contributed by atoms with Crippen LogP contribution in [0.4, 0.5) is 8.78 Å². The van der Waals surface area contributed by atoms with Gasteiger partial charge in [0.05, 0.1) is 11.6 Å². The van der Waals surface area contributed by atoms with Crippen molar-refractivity contribution in [1.82, 2.24) is 0 Å². The number of rotatable bonds is 3. The molecule has 18 heavy (non-hydrogen) atoms. The SMILES string of the molecule is OCc1ccc(Oc2ccc(Cl)c(F)c2)c(F)c1. The van der Waals surface area contributed by atoms with Crippen LogP contribution in [0, 0.1) is 11.6 Å². The minimum atomic E-state index is -0.637. The van der Waals surface area contributed by atoms with Crippen LogP contribution in [0.3, 0.4) is 0 Å². The highest BCUT2D eigenvalue weighted by Gasteiger charge is 2.07. The van der Waals surface area contributed by atoms with Crippen LogP contribution < -0.4 is 4.74 Å². The molecule has 0 bridgehead atoms. The van der Waals surface area contributed by atoms with Gasteiger partial charge in [-0.3, -0.25) is 0 Å². The largest absolute Gasteiger partial charge is 0.454 e. The average Bonchev–Trinajstić information content (AvgIpc) is 2.36. The predicted octanol–water partition coefficient (Wildman–Crippen LogP) is 3.90. The molecule has 94 valence electrons. The quantitative estimate of drug-likeness (QED) is 0.916. The van der Waals surface area contributed by atoms with Crippen LogP contribution in [0.2, 0.25) is 5.02 Å². The van der Waals surface area contributed by atoms with Gasteiger partial charge >= 0.3 is 0 Å². The Morgan fingerprint density at radius 1 is 1.06 bits per heavy atom. The molecule has 0 fully saturated rings. The van der Waals surface area contributed by atoms with E-state index in [1.54, 1.807) is 0 Å². The van der Waals surface area contributed by atoms with Gasteiger partial charge in [-0.05, 0) is 29.8 Å². The fourth-order valence-corrected chi connectivity index (χ4v) is 1.51. The Kier molecular flexibility index (Phi) is 3.79. The van der Waals surface area contributed by atoms with Crippen molar-refractivity contribution in [3.05, 3.63) is 58.6 Å². The Labute approximate surface area is 107 Å². The van der Waals surface area contributed by atoms with Crippen molar-refractivity contribution in [1.29, 1.82) is 0 Å². The van der Waals surface area contributed by atoms with Crippen molar-refractivity contribution in [3.8, 4) is 11.5 Å². The van der Waals surface area contributed by atoms with Crippen molar-refractivity contribution in [2.45, 2.75) is 6.61 Å². The van der Waals surface area contributed by atoms with E-state index in [0.717, 1.165) is 12.1 Å². The predicted molar refractivity (Wildman–Crippen MR) is 63.8 cm³/mol. The Balaban J connectivity index is 2.25. The molecule has 0 radical (unpaired) electrons. The summed E-state index contributed by atoms with van der Waals surface area (Å²) in [5, 5.41) is 8.81. The Bertz CT molecular complexity index is 573. The van der Waals surface area contributed by atoms with E-state index in [-0.39, 0.29) is 23.1 Å². The van der Waals surface area contributed by atoms with E-state index in [2.05, 4.69) is 0 Å². The van der Waals surface area contributed by atoms with Crippen LogP contribution in [0.5, 0.6) is 11.5 Å². The zero-order chi connectivity index (χ0) is 13.1. The van der Waals surface area contributed by atoms with Gasteiger partial charge in [-0.25, -0.2) is 8.78 Å². The lowest BCUT2D eigenvalue weighted by Gasteiger charge is -2.08. The first-order valence-electron chi connectivity index (χ1n) is 5.12. The van der Waals surface area contributed by atoms with Gasteiger partial charge < -0.3 is 9.84 Å². The molecule has 0 saturated heterocycles. The summed E-state index contributed by atoms with van der Waals surface area (Å²) in [5.41, 5.74) is 0.433. The first-order chi connectivity index (χ1) is 8.60. The third-order valence-electron chi connectivity index (χ3n) is 2.30. The summed E-state index contributed by atoms with van der Waals surface area (Å²) in [6.45, 7) is -0.257. The van der Waals surface area contributed by atoms with E-state index in [1.807, 2.05) is 0 Å². The lowest BCUT2D eigenvalue weighted by molar-refractivity contribution is 0.281. The second-order valence-electron chi connectivity index (χ2n) is 3.60. The normalized spacial score (nSPS) is 10.4. The van der Waals surface area contributed by atoms with E-state index in [0.29, 0.717) is 5.56 Å². The van der Waals surface area contributed by atoms with E-state index in [9.17, 15) is 8.78 Å². The van der Waals surface area contributed by atoms with Crippen molar-refractivity contribution < 1.29 is 18.6 Å². The van der Waals surface area contributed by atoms with Gasteiger partial charge in [0, 0.05) is 6.07 Å². The van der Waals surface area contributed by atoms with Gasteiger partial charge in [-0.1, -0.05) is 17.7 Å². The highest BCUT2D eigenvalue weighted by molar-refractivity contribution is 6.30. The van der Waals surface area contributed by atoms with Crippen LogP contribution in [-0.4, -0.2) is 5.11 Å². The summed E-state index contributed by atoms with van der Waals surface area (Å²) in [6, 6.07) is 7.87. The highest BCUT2D eigenvalue weighted by atomic mass is 35.5. The van der Waals surface area contributed by atoms with Gasteiger partial charge in [0.25, 0.3) is 0 Å². The number of aliphatic hydroxyl groups is 1. The van der Waals surface area contributed by atoms with Crippen molar-refractivity contribution in [2.24, 2.45) is 0 Å². The molecule has 2 aromatic carbocycles. The molecule has 0 unspecified atom stereocenters. The number of benzene rings is 2. The molecular formula is C13H9ClF2O2. The van der Waals surface area contributed by atoms with Gasteiger partial charge in [0.2, 0.25) is 0 Å². The molecule has 1 N–H and O–H groups in total. The second kappa shape index (κ2) is 5.33. The van der Waals surface area contributed by atoms with Gasteiger partial charge in [0.1, 0.15) is 11.6 Å². The second-order valence-corrected chi connectivity index (χ2v) is 4.01. The Morgan fingerprint density at radius 2 is 1.83 bits per heavy atom. The van der Waals surface area contributed by atoms with Gasteiger partial charge in [-0.2, -0.15) is 0 Å². The number of ether oxygens (including phenoxy) is 1. The maximum atomic E-state index is 13.5. The molecule has 0 aliphatic heterocycles. The third-order valence-corrected chi connectivity index (χ3v) is 2.60. The molecule has 2 rings (SSSR count). The summed E-state index contributed by atoms with van der Waals surface area (Å²) >= 11 is 5.52. The minimum absolute atomic E-state index is 0.0292. The Hall–Kier alpha value is -1.65. The van der Waals surface area contributed by atoms with Crippen LogP contribution in [-0.2, 0) is 6.61 Å². The zero-order valence-corrected chi connectivity index (χ0v) is 9.92. The van der Waals surface area contributed by atoms with Gasteiger partial charge in [-0.15, -0.1) is 0 Å². The number of halogens is 3. The fraction of sp³-hybridized carbons (Fsp3) is 0.0769. The average molecular weight is 271 g/mol. The first kappa shape index (κ1) is 12.8. The molecule has 0 aliphatic rings. The van der Waals surface area contributed by atoms with Crippen LogP contribution in [0.25, 0.3) is 0 Å². The number of aliphatic hydroxyl groups excluding tert-OH is 1.